The minimum absolute atomic E-state index is 0.0451. The first-order valence-electron chi connectivity index (χ1n) is 5.02. The van der Waals surface area contributed by atoms with Crippen molar-refractivity contribution >= 4 is 27.5 Å². The Balaban J connectivity index is 2.29. The minimum atomic E-state index is -3.57. The van der Waals surface area contributed by atoms with Gasteiger partial charge in [0.1, 0.15) is 5.75 Å². The Labute approximate surface area is 110 Å². The molecule has 0 saturated carbocycles. The maximum Gasteiger partial charge on any atom is 0.257 e. The predicted molar refractivity (Wildman–Crippen MR) is 67.9 cm³/mol. The molecular weight excluding hydrogens is 280 g/mol. The predicted octanol–water partition coefficient (Wildman–Crippen LogP) is 0.124. The molecular formula is C10H13ClN2O4S. The molecule has 1 amide bonds. The van der Waals surface area contributed by atoms with E-state index in [9.17, 15) is 13.2 Å². The highest BCUT2D eigenvalue weighted by molar-refractivity contribution is 7.89. The van der Waals surface area contributed by atoms with Crippen molar-refractivity contribution in [3.8, 4) is 5.75 Å². The summed E-state index contributed by atoms with van der Waals surface area (Å²) in [6, 6.07) is 6.60. The molecule has 0 atom stereocenters. The molecule has 0 saturated heterocycles. The van der Waals surface area contributed by atoms with Gasteiger partial charge in [-0.3, -0.25) is 4.79 Å². The fourth-order valence-corrected chi connectivity index (χ4v) is 1.66. The molecule has 0 bridgehead atoms. The standard InChI is InChI=1S/C10H13ClN2O4S/c11-8-2-1-3-9(6-8)17-7-10(14)13-4-5-18(12,15)16/h1-3,6H,4-5,7H2,(H,13,14)(H2,12,15,16). The second kappa shape index (κ2) is 6.58. The average molecular weight is 293 g/mol. The van der Waals surface area contributed by atoms with Crippen molar-refractivity contribution < 1.29 is 17.9 Å². The highest BCUT2D eigenvalue weighted by Crippen LogP contribution is 2.16. The Kier molecular flexibility index (Phi) is 5.39. The zero-order valence-electron chi connectivity index (χ0n) is 9.43. The topological polar surface area (TPSA) is 98.5 Å². The van der Waals surface area contributed by atoms with Crippen LogP contribution in [0.5, 0.6) is 5.75 Å². The van der Waals surface area contributed by atoms with Gasteiger partial charge in [0.2, 0.25) is 10.0 Å². The number of ether oxygens (including phenoxy) is 1. The first-order valence-corrected chi connectivity index (χ1v) is 7.12. The van der Waals surface area contributed by atoms with Crippen molar-refractivity contribution in [2.24, 2.45) is 5.14 Å². The number of sulfonamides is 1. The van der Waals surface area contributed by atoms with Gasteiger partial charge in [-0.15, -0.1) is 0 Å². The van der Waals surface area contributed by atoms with Gasteiger partial charge in [-0.1, -0.05) is 17.7 Å². The van der Waals surface area contributed by atoms with E-state index in [0.717, 1.165) is 0 Å². The van der Waals surface area contributed by atoms with Crippen molar-refractivity contribution in [1.82, 2.24) is 5.32 Å². The largest absolute Gasteiger partial charge is 0.484 e. The van der Waals surface area contributed by atoms with Crippen LogP contribution in [-0.4, -0.2) is 33.2 Å². The Morgan fingerprint density at radius 1 is 1.44 bits per heavy atom. The smallest absolute Gasteiger partial charge is 0.257 e. The van der Waals surface area contributed by atoms with E-state index < -0.39 is 15.9 Å². The molecule has 3 N–H and O–H groups in total. The molecule has 0 spiro atoms. The number of halogens is 1. The second-order valence-corrected chi connectivity index (χ2v) is 5.63. The molecule has 0 aliphatic carbocycles. The minimum Gasteiger partial charge on any atom is -0.484 e. The number of carbonyl (C=O) groups is 1. The fourth-order valence-electron chi connectivity index (χ4n) is 1.09. The first-order chi connectivity index (χ1) is 8.37. The van der Waals surface area contributed by atoms with Crippen molar-refractivity contribution in [3.05, 3.63) is 29.3 Å². The zero-order chi connectivity index (χ0) is 13.6. The van der Waals surface area contributed by atoms with Gasteiger partial charge in [0.25, 0.3) is 5.91 Å². The van der Waals surface area contributed by atoms with E-state index in [4.69, 9.17) is 21.5 Å². The van der Waals surface area contributed by atoms with E-state index in [1.807, 2.05) is 0 Å². The van der Waals surface area contributed by atoms with E-state index in [0.29, 0.717) is 10.8 Å². The van der Waals surface area contributed by atoms with Gasteiger partial charge in [-0.2, -0.15) is 0 Å². The number of rotatable bonds is 6. The number of hydrogen-bond acceptors (Lipinski definition) is 4. The molecule has 0 aliphatic heterocycles. The van der Waals surface area contributed by atoms with Crippen molar-refractivity contribution in [2.45, 2.75) is 0 Å². The maximum atomic E-state index is 11.3. The summed E-state index contributed by atoms with van der Waals surface area (Å²) in [5.41, 5.74) is 0. The van der Waals surface area contributed by atoms with Gasteiger partial charge in [-0.25, -0.2) is 13.6 Å². The molecule has 1 aromatic rings. The number of nitrogens with one attached hydrogen (secondary N) is 1. The molecule has 0 fully saturated rings. The lowest BCUT2D eigenvalue weighted by atomic mass is 10.3. The highest BCUT2D eigenvalue weighted by Gasteiger charge is 2.06. The summed E-state index contributed by atoms with van der Waals surface area (Å²) in [4.78, 5) is 11.3. The molecule has 0 heterocycles. The van der Waals surface area contributed by atoms with Crippen LogP contribution in [0, 0.1) is 0 Å². The van der Waals surface area contributed by atoms with Crippen molar-refractivity contribution in [3.63, 3.8) is 0 Å². The summed E-state index contributed by atoms with van der Waals surface area (Å²) < 4.78 is 26.4. The Morgan fingerprint density at radius 2 is 2.17 bits per heavy atom. The van der Waals surface area contributed by atoms with Crippen LogP contribution in [0.1, 0.15) is 0 Å². The average Bonchev–Trinajstić information content (AvgIpc) is 2.25. The third kappa shape index (κ3) is 6.43. The first kappa shape index (κ1) is 14.7. The summed E-state index contributed by atoms with van der Waals surface area (Å²) in [5.74, 6) is -0.279. The Bertz CT molecular complexity index is 518. The molecule has 1 rings (SSSR count). The summed E-state index contributed by atoms with van der Waals surface area (Å²) in [7, 11) is -3.57. The zero-order valence-corrected chi connectivity index (χ0v) is 11.0. The number of primary sulfonamides is 1. The van der Waals surface area contributed by atoms with E-state index in [-0.39, 0.29) is 18.9 Å². The Morgan fingerprint density at radius 3 is 2.78 bits per heavy atom. The third-order valence-electron chi connectivity index (χ3n) is 1.87. The van der Waals surface area contributed by atoms with E-state index in [1.54, 1.807) is 24.3 Å². The lowest BCUT2D eigenvalue weighted by Crippen LogP contribution is -2.34. The van der Waals surface area contributed by atoms with Crippen LogP contribution < -0.4 is 15.2 Å². The van der Waals surface area contributed by atoms with Gasteiger partial charge in [0.15, 0.2) is 6.61 Å². The quantitative estimate of drug-likeness (QED) is 0.778. The van der Waals surface area contributed by atoms with E-state index >= 15 is 0 Å². The highest BCUT2D eigenvalue weighted by atomic mass is 35.5. The normalized spacial score (nSPS) is 11.0. The molecule has 1 aromatic carbocycles. The maximum absolute atomic E-state index is 11.3. The number of benzene rings is 1. The van der Waals surface area contributed by atoms with Crippen LogP contribution in [-0.2, 0) is 14.8 Å². The van der Waals surface area contributed by atoms with Crippen LogP contribution in [0.2, 0.25) is 5.02 Å². The lowest BCUT2D eigenvalue weighted by molar-refractivity contribution is -0.122. The summed E-state index contributed by atoms with van der Waals surface area (Å²) in [6.07, 6.45) is 0. The number of nitrogens with two attached hydrogens (primary N) is 1. The third-order valence-corrected chi connectivity index (χ3v) is 2.88. The van der Waals surface area contributed by atoms with Crippen LogP contribution in [0.15, 0.2) is 24.3 Å². The summed E-state index contributed by atoms with van der Waals surface area (Å²) in [5, 5.41) is 7.65. The van der Waals surface area contributed by atoms with Crippen LogP contribution >= 0.6 is 11.6 Å². The van der Waals surface area contributed by atoms with Crippen LogP contribution in [0.25, 0.3) is 0 Å². The van der Waals surface area contributed by atoms with Gasteiger partial charge in [0, 0.05) is 11.6 Å². The number of amides is 1. The number of hydrogen-bond donors (Lipinski definition) is 2. The van der Waals surface area contributed by atoms with Crippen LogP contribution in [0.3, 0.4) is 0 Å². The SMILES string of the molecule is NS(=O)(=O)CCNC(=O)COc1cccc(Cl)c1. The van der Waals surface area contributed by atoms with Gasteiger partial charge >= 0.3 is 0 Å². The molecule has 6 nitrogen and oxygen atoms in total. The fraction of sp³-hybridized carbons (Fsp3) is 0.300. The molecule has 8 heteroatoms. The Hall–Kier alpha value is -1.31. The van der Waals surface area contributed by atoms with Crippen molar-refractivity contribution in [1.29, 1.82) is 0 Å². The van der Waals surface area contributed by atoms with Crippen LogP contribution in [0.4, 0.5) is 0 Å². The van der Waals surface area contributed by atoms with Crippen molar-refractivity contribution in [2.75, 3.05) is 18.9 Å². The molecule has 0 aliphatic rings. The summed E-state index contributed by atoms with van der Waals surface area (Å²) in [6.45, 7) is -0.262. The molecule has 18 heavy (non-hydrogen) atoms. The molecule has 0 unspecified atom stereocenters. The molecule has 0 radical (unpaired) electrons. The van der Waals surface area contributed by atoms with Gasteiger partial charge in [0.05, 0.1) is 5.75 Å². The molecule has 0 aromatic heterocycles. The van der Waals surface area contributed by atoms with Gasteiger partial charge < -0.3 is 10.1 Å². The number of carbonyl (C=O) groups excluding carboxylic acids is 1. The molecule has 100 valence electrons. The van der Waals surface area contributed by atoms with E-state index in [1.165, 1.54) is 0 Å². The monoisotopic (exact) mass is 292 g/mol. The second-order valence-electron chi connectivity index (χ2n) is 3.46. The lowest BCUT2D eigenvalue weighted by Gasteiger charge is -2.07. The summed E-state index contributed by atoms with van der Waals surface area (Å²) >= 11 is 5.73. The van der Waals surface area contributed by atoms with E-state index in [2.05, 4.69) is 5.32 Å². The van der Waals surface area contributed by atoms with Gasteiger partial charge in [-0.05, 0) is 18.2 Å².